The first-order chi connectivity index (χ1) is 12.8. The van der Waals surface area contributed by atoms with Gasteiger partial charge in [-0.1, -0.05) is 0 Å². The molecule has 1 fully saturated rings. The predicted molar refractivity (Wildman–Crippen MR) is 102 cm³/mol. The first kappa shape index (κ1) is 20.3. The number of amides is 1. The number of rotatable bonds is 5. The van der Waals surface area contributed by atoms with Crippen LogP contribution in [-0.2, 0) is 14.8 Å². The molecule has 0 saturated carbocycles. The fourth-order valence-electron chi connectivity index (χ4n) is 2.68. The van der Waals surface area contributed by atoms with Crippen molar-refractivity contribution in [3.63, 3.8) is 0 Å². The highest BCUT2D eigenvalue weighted by molar-refractivity contribution is 9.11. The van der Waals surface area contributed by atoms with Crippen LogP contribution in [0, 0.1) is 11.6 Å². The molecule has 3 rings (SSSR count). The van der Waals surface area contributed by atoms with Gasteiger partial charge in [-0.25, -0.2) is 17.2 Å². The van der Waals surface area contributed by atoms with E-state index in [0.717, 1.165) is 27.3 Å². The fraction of sp³-hybridized carbons (Fsp3) is 0.312. The van der Waals surface area contributed by atoms with Crippen LogP contribution in [0.3, 0.4) is 0 Å². The normalized spacial score (nSPS) is 16.4. The molecule has 1 aliphatic heterocycles. The van der Waals surface area contributed by atoms with E-state index in [1.807, 2.05) is 0 Å². The van der Waals surface area contributed by atoms with Gasteiger partial charge in [-0.05, 0) is 40.2 Å². The number of carbonyl (C=O) groups is 1. The number of nitrogens with zero attached hydrogens (tertiary/aromatic N) is 2. The smallest absolute Gasteiger partial charge is 0.252 e. The van der Waals surface area contributed by atoms with E-state index in [0.29, 0.717) is 19.2 Å². The van der Waals surface area contributed by atoms with Crippen molar-refractivity contribution in [3.8, 4) is 0 Å². The van der Waals surface area contributed by atoms with Crippen LogP contribution >= 0.6 is 27.3 Å². The van der Waals surface area contributed by atoms with E-state index in [-0.39, 0.29) is 29.5 Å². The zero-order valence-corrected chi connectivity index (χ0v) is 17.2. The summed E-state index contributed by atoms with van der Waals surface area (Å²) < 4.78 is 54.0. The number of carbonyl (C=O) groups excluding carboxylic acids is 1. The second-order valence-corrected chi connectivity index (χ2v) is 10.5. The highest BCUT2D eigenvalue weighted by Gasteiger charge is 2.30. The van der Waals surface area contributed by atoms with Crippen molar-refractivity contribution in [2.75, 3.05) is 38.0 Å². The molecular weight excluding hydrogens is 464 g/mol. The van der Waals surface area contributed by atoms with Crippen molar-refractivity contribution in [2.45, 2.75) is 4.21 Å². The second-order valence-electron chi connectivity index (χ2n) is 5.91. The summed E-state index contributed by atoms with van der Waals surface area (Å²) >= 11 is 4.41. The third-order valence-corrected chi connectivity index (χ3v) is 8.04. The molecule has 1 aromatic heterocycles. The lowest BCUT2D eigenvalue weighted by atomic mass is 10.3. The molecule has 1 aliphatic rings. The Labute approximate surface area is 168 Å². The molecule has 0 aliphatic carbocycles. The van der Waals surface area contributed by atoms with Crippen LogP contribution in [0.5, 0.6) is 0 Å². The Bertz CT molecular complexity index is 944. The molecule has 6 nitrogen and oxygen atoms in total. The lowest BCUT2D eigenvalue weighted by molar-refractivity contribution is -0.117. The zero-order chi connectivity index (χ0) is 19.6. The molecule has 11 heteroatoms. The Morgan fingerprint density at radius 1 is 1.15 bits per heavy atom. The molecular formula is C16H16BrF2N3O3S2. The van der Waals surface area contributed by atoms with Gasteiger partial charge >= 0.3 is 0 Å². The minimum atomic E-state index is -3.54. The van der Waals surface area contributed by atoms with E-state index in [4.69, 9.17) is 0 Å². The molecule has 2 heterocycles. The number of halogens is 3. The Balaban J connectivity index is 1.54. The number of thiophene rings is 1. The number of hydrogen-bond acceptors (Lipinski definition) is 5. The van der Waals surface area contributed by atoms with Crippen LogP contribution in [0.15, 0.2) is 38.3 Å². The quantitative estimate of drug-likeness (QED) is 0.715. The molecule has 0 atom stereocenters. The van der Waals surface area contributed by atoms with E-state index in [1.165, 1.54) is 4.31 Å². The molecule has 1 amide bonds. The van der Waals surface area contributed by atoms with E-state index >= 15 is 0 Å². The molecule has 0 unspecified atom stereocenters. The van der Waals surface area contributed by atoms with Crippen molar-refractivity contribution in [1.82, 2.24) is 9.21 Å². The van der Waals surface area contributed by atoms with Crippen LogP contribution in [0.25, 0.3) is 0 Å². The maximum absolute atomic E-state index is 13.6. The van der Waals surface area contributed by atoms with Gasteiger partial charge in [0.2, 0.25) is 5.91 Å². The molecule has 1 N–H and O–H groups in total. The fourth-order valence-corrected chi connectivity index (χ4v) is 6.26. The topological polar surface area (TPSA) is 69.7 Å². The lowest BCUT2D eigenvalue weighted by Gasteiger charge is -2.33. The lowest BCUT2D eigenvalue weighted by Crippen LogP contribution is -2.50. The summed E-state index contributed by atoms with van der Waals surface area (Å²) in [6.07, 6.45) is 0. The van der Waals surface area contributed by atoms with Crippen LogP contribution in [0.4, 0.5) is 14.5 Å². The van der Waals surface area contributed by atoms with Crippen molar-refractivity contribution >= 4 is 48.9 Å². The summed E-state index contributed by atoms with van der Waals surface area (Å²) in [5.41, 5.74) is -0.0918. The number of anilines is 1. The number of piperazine rings is 1. The van der Waals surface area contributed by atoms with Crippen molar-refractivity contribution in [1.29, 1.82) is 0 Å². The van der Waals surface area contributed by atoms with Gasteiger partial charge < -0.3 is 5.32 Å². The van der Waals surface area contributed by atoms with Crippen molar-refractivity contribution in [2.24, 2.45) is 0 Å². The monoisotopic (exact) mass is 479 g/mol. The molecule has 1 saturated heterocycles. The van der Waals surface area contributed by atoms with E-state index in [9.17, 15) is 22.0 Å². The first-order valence-electron chi connectivity index (χ1n) is 7.98. The minimum Gasteiger partial charge on any atom is -0.322 e. The predicted octanol–water partition coefficient (Wildman–Crippen LogP) is 2.73. The van der Waals surface area contributed by atoms with Crippen molar-refractivity contribution < 1.29 is 22.0 Å². The van der Waals surface area contributed by atoms with Crippen LogP contribution in [0.1, 0.15) is 0 Å². The van der Waals surface area contributed by atoms with Gasteiger partial charge in [-0.3, -0.25) is 9.69 Å². The van der Waals surface area contributed by atoms with Gasteiger partial charge in [-0.15, -0.1) is 11.3 Å². The van der Waals surface area contributed by atoms with E-state index in [1.54, 1.807) is 17.0 Å². The van der Waals surface area contributed by atoms with Gasteiger partial charge in [0.25, 0.3) is 10.0 Å². The van der Waals surface area contributed by atoms with Crippen LogP contribution in [0.2, 0.25) is 0 Å². The first-order valence-corrected chi connectivity index (χ1v) is 11.0. The summed E-state index contributed by atoms with van der Waals surface area (Å²) in [7, 11) is -3.54. The Morgan fingerprint density at radius 2 is 1.85 bits per heavy atom. The Kier molecular flexibility index (Phi) is 6.26. The SMILES string of the molecule is O=C(CN1CCN(S(=O)(=O)c2ccc(Br)s2)CC1)Nc1ccc(F)cc1F. The molecule has 2 aromatic rings. The van der Waals surface area contributed by atoms with Crippen LogP contribution in [-0.4, -0.2) is 56.3 Å². The summed E-state index contributed by atoms with van der Waals surface area (Å²) in [5, 5.41) is 2.40. The average Bonchev–Trinajstić information content (AvgIpc) is 3.05. The number of hydrogen-bond donors (Lipinski definition) is 1. The molecule has 27 heavy (non-hydrogen) atoms. The third kappa shape index (κ3) is 4.91. The number of nitrogens with one attached hydrogen (secondary N) is 1. The van der Waals surface area contributed by atoms with E-state index in [2.05, 4.69) is 21.2 Å². The van der Waals surface area contributed by atoms with E-state index < -0.39 is 27.6 Å². The van der Waals surface area contributed by atoms with Crippen molar-refractivity contribution in [3.05, 3.63) is 45.8 Å². The summed E-state index contributed by atoms with van der Waals surface area (Å²) in [5.74, 6) is -2.01. The van der Waals surface area contributed by atoms with Gasteiger partial charge in [-0.2, -0.15) is 4.31 Å². The Morgan fingerprint density at radius 3 is 2.44 bits per heavy atom. The molecule has 1 aromatic carbocycles. The van der Waals surface area contributed by atoms with Gasteiger partial charge in [0.1, 0.15) is 15.8 Å². The number of benzene rings is 1. The number of sulfonamides is 1. The molecule has 0 spiro atoms. The summed E-state index contributed by atoms with van der Waals surface area (Å²) in [6, 6.07) is 6.16. The largest absolute Gasteiger partial charge is 0.322 e. The molecule has 0 bridgehead atoms. The zero-order valence-electron chi connectivity index (χ0n) is 14.0. The van der Waals surface area contributed by atoms with Gasteiger partial charge in [0, 0.05) is 32.2 Å². The minimum absolute atomic E-state index is 0.00471. The maximum atomic E-state index is 13.6. The molecule has 146 valence electrons. The molecule has 0 radical (unpaired) electrons. The Hall–Kier alpha value is -1.40. The highest BCUT2D eigenvalue weighted by Crippen LogP contribution is 2.28. The van der Waals surface area contributed by atoms with Gasteiger partial charge in [0.05, 0.1) is 16.0 Å². The standard InChI is InChI=1S/C16H16BrF2N3O3S2/c17-14-3-4-16(26-14)27(24,25)22-7-5-21(6-8-22)10-15(23)20-13-2-1-11(18)9-12(13)19/h1-4,9H,5-8,10H2,(H,20,23). The summed E-state index contributed by atoms with van der Waals surface area (Å²) in [6.45, 7) is 1.28. The third-order valence-electron chi connectivity index (χ3n) is 4.05. The second kappa shape index (κ2) is 8.31. The average molecular weight is 480 g/mol. The van der Waals surface area contributed by atoms with Gasteiger partial charge in [0.15, 0.2) is 0 Å². The maximum Gasteiger partial charge on any atom is 0.252 e. The summed E-state index contributed by atoms with van der Waals surface area (Å²) in [4.78, 5) is 13.9. The highest BCUT2D eigenvalue weighted by atomic mass is 79.9. The van der Waals surface area contributed by atoms with Crippen LogP contribution < -0.4 is 5.32 Å².